The fourth-order valence-corrected chi connectivity index (χ4v) is 3.75. The van der Waals surface area contributed by atoms with Crippen molar-refractivity contribution in [2.75, 3.05) is 5.33 Å². The highest BCUT2D eigenvalue weighted by atomic mass is 79.9. The van der Waals surface area contributed by atoms with E-state index in [1.54, 1.807) is 0 Å². The lowest BCUT2D eigenvalue weighted by molar-refractivity contribution is -0.134. The number of carbonyl (C=O) groups is 1. The van der Waals surface area contributed by atoms with E-state index in [4.69, 9.17) is 4.74 Å². The predicted octanol–water partition coefficient (Wildman–Crippen LogP) is 7.79. The zero-order valence-corrected chi connectivity index (χ0v) is 19.1. The van der Waals surface area contributed by atoms with E-state index in [0.29, 0.717) is 6.42 Å². The Morgan fingerprint density at radius 2 is 1.44 bits per heavy atom. The largest absolute Gasteiger partial charge is 0.427 e. The van der Waals surface area contributed by atoms with Crippen molar-refractivity contribution in [2.45, 2.75) is 104 Å². The predicted molar refractivity (Wildman–Crippen MR) is 120 cm³/mol. The molecule has 0 fully saturated rings. The summed E-state index contributed by atoms with van der Waals surface area (Å²) in [5.41, 5.74) is 2.81. The van der Waals surface area contributed by atoms with Crippen LogP contribution >= 0.6 is 15.9 Å². The molecule has 1 aromatic carbocycles. The van der Waals surface area contributed by atoms with Crippen LogP contribution in [-0.4, -0.2) is 11.3 Å². The van der Waals surface area contributed by atoms with E-state index >= 15 is 0 Å². The molecule has 0 aliphatic heterocycles. The van der Waals surface area contributed by atoms with Crippen LogP contribution in [0, 0.1) is 0 Å². The summed E-state index contributed by atoms with van der Waals surface area (Å²) in [6, 6.07) is 6.28. The van der Waals surface area contributed by atoms with Gasteiger partial charge in [0.05, 0.1) is 0 Å². The minimum Gasteiger partial charge on any atom is -0.427 e. The van der Waals surface area contributed by atoms with Gasteiger partial charge in [0, 0.05) is 11.8 Å². The van der Waals surface area contributed by atoms with E-state index in [1.165, 1.54) is 68.9 Å². The van der Waals surface area contributed by atoms with Crippen LogP contribution in [0.4, 0.5) is 0 Å². The van der Waals surface area contributed by atoms with Crippen molar-refractivity contribution in [3.63, 3.8) is 0 Å². The number of hydrogen-bond donors (Lipinski definition) is 0. The molecule has 0 radical (unpaired) electrons. The van der Waals surface area contributed by atoms with E-state index in [2.05, 4.69) is 41.9 Å². The first-order valence-corrected chi connectivity index (χ1v) is 12.2. The van der Waals surface area contributed by atoms with Gasteiger partial charge in [-0.1, -0.05) is 80.8 Å². The van der Waals surface area contributed by atoms with Crippen molar-refractivity contribution in [3.05, 3.63) is 29.3 Å². The molecule has 0 spiro atoms. The Bertz CT molecular complexity index is 513. The van der Waals surface area contributed by atoms with Gasteiger partial charge in [-0.25, -0.2) is 0 Å². The van der Waals surface area contributed by atoms with Crippen LogP contribution in [-0.2, 0) is 17.6 Å². The Kier molecular flexibility index (Phi) is 14.5. The summed E-state index contributed by atoms with van der Waals surface area (Å²) in [5, 5.41) is 1.07. The number of rotatable bonds is 16. The van der Waals surface area contributed by atoms with E-state index in [0.717, 1.165) is 36.8 Å². The molecule has 0 aliphatic carbocycles. The first kappa shape index (κ1) is 24.2. The number of unbranched alkanes of at least 4 members (excludes halogenated alkanes) is 8. The molecule has 27 heavy (non-hydrogen) atoms. The van der Waals surface area contributed by atoms with Gasteiger partial charge in [-0.15, -0.1) is 0 Å². The minimum absolute atomic E-state index is 0.0891. The number of benzene rings is 1. The quantitative estimate of drug-likeness (QED) is 0.114. The lowest BCUT2D eigenvalue weighted by Crippen LogP contribution is -2.08. The van der Waals surface area contributed by atoms with E-state index in [1.807, 2.05) is 6.07 Å². The van der Waals surface area contributed by atoms with Gasteiger partial charge in [0.25, 0.3) is 0 Å². The molecule has 0 saturated heterocycles. The summed E-state index contributed by atoms with van der Waals surface area (Å²) in [4.78, 5) is 12.1. The van der Waals surface area contributed by atoms with Crippen molar-refractivity contribution in [2.24, 2.45) is 0 Å². The zero-order chi connectivity index (χ0) is 19.7. The molecule has 0 heterocycles. The SMILES string of the molecule is CCCCCc1ccc(OC(=O)CCCCCCCBr)cc1CCCCC. The van der Waals surface area contributed by atoms with Crippen molar-refractivity contribution in [1.29, 1.82) is 0 Å². The summed E-state index contributed by atoms with van der Waals surface area (Å²) < 4.78 is 5.62. The lowest BCUT2D eigenvalue weighted by atomic mass is 9.97. The van der Waals surface area contributed by atoms with Crippen LogP contribution < -0.4 is 4.74 Å². The molecule has 0 aromatic heterocycles. The number of carbonyl (C=O) groups excluding carboxylic acids is 1. The Morgan fingerprint density at radius 1 is 0.815 bits per heavy atom. The summed E-state index contributed by atoms with van der Waals surface area (Å²) in [6.45, 7) is 4.48. The van der Waals surface area contributed by atoms with E-state index in [-0.39, 0.29) is 5.97 Å². The second kappa shape index (κ2) is 16.2. The fraction of sp³-hybridized carbons (Fsp3) is 0.708. The van der Waals surface area contributed by atoms with Crippen molar-refractivity contribution in [1.82, 2.24) is 0 Å². The normalized spacial score (nSPS) is 10.9. The number of ether oxygens (including phenoxy) is 1. The van der Waals surface area contributed by atoms with Gasteiger partial charge in [-0.2, -0.15) is 0 Å². The molecule has 0 saturated carbocycles. The third-order valence-corrected chi connectivity index (χ3v) is 5.58. The van der Waals surface area contributed by atoms with Crippen LogP contribution in [0.2, 0.25) is 0 Å². The molecule has 2 nitrogen and oxygen atoms in total. The average Bonchev–Trinajstić information content (AvgIpc) is 2.66. The molecule has 154 valence electrons. The summed E-state index contributed by atoms with van der Waals surface area (Å²) in [6.07, 6.45) is 15.9. The number of alkyl halides is 1. The molecular weight excluding hydrogens is 400 g/mol. The number of hydrogen-bond acceptors (Lipinski definition) is 2. The van der Waals surface area contributed by atoms with Gasteiger partial charge in [0.1, 0.15) is 5.75 Å². The Balaban J connectivity index is 2.52. The smallest absolute Gasteiger partial charge is 0.311 e. The summed E-state index contributed by atoms with van der Waals surface area (Å²) >= 11 is 3.45. The van der Waals surface area contributed by atoms with E-state index < -0.39 is 0 Å². The van der Waals surface area contributed by atoms with Crippen molar-refractivity contribution < 1.29 is 9.53 Å². The molecule has 0 amide bonds. The van der Waals surface area contributed by atoms with Crippen LogP contribution in [0.25, 0.3) is 0 Å². The number of aryl methyl sites for hydroxylation is 2. The highest BCUT2D eigenvalue weighted by molar-refractivity contribution is 9.09. The Morgan fingerprint density at radius 3 is 2.11 bits per heavy atom. The van der Waals surface area contributed by atoms with Gasteiger partial charge in [0.2, 0.25) is 0 Å². The summed E-state index contributed by atoms with van der Waals surface area (Å²) in [5.74, 6) is 0.638. The second-order valence-electron chi connectivity index (χ2n) is 7.53. The van der Waals surface area contributed by atoms with Gasteiger partial charge in [-0.05, 0) is 61.8 Å². The standard InChI is InChI=1S/C24H39BrO2/c1-3-5-10-14-21-17-18-23(20-22(21)15-11-6-4-2)27-24(26)16-12-8-7-9-13-19-25/h17-18,20H,3-16,19H2,1-2H3. The van der Waals surface area contributed by atoms with Gasteiger partial charge >= 0.3 is 5.97 Å². The van der Waals surface area contributed by atoms with Crippen LogP contribution in [0.1, 0.15) is 102 Å². The number of esters is 1. The minimum atomic E-state index is -0.0891. The third kappa shape index (κ3) is 11.6. The molecular formula is C24H39BrO2. The summed E-state index contributed by atoms with van der Waals surface area (Å²) in [7, 11) is 0. The van der Waals surface area contributed by atoms with Gasteiger partial charge in [0.15, 0.2) is 0 Å². The number of halogens is 1. The van der Waals surface area contributed by atoms with Gasteiger partial charge in [-0.3, -0.25) is 4.79 Å². The highest BCUT2D eigenvalue weighted by Crippen LogP contribution is 2.23. The van der Waals surface area contributed by atoms with Crippen LogP contribution in [0.15, 0.2) is 18.2 Å². The first-order chi connectivity index (χ1) is 13.2. The first-order valence-electron chi connectivity index (χ1n) is 11.1. The molecule has 0 atom stereocenters. The molecule has 0 unspecified atom stereocenters. The van der Waals surface area contributed by atoms with Gasteiger partial charge < -0.3 is 4.74 Å². The maximum Gasteiger partial charge on any atom is 0.311 e. The van der Waals surface area contributed by atoms with Crippen molar-refractivity contribution >= 4 is 21.9 Å². The fourth-order valence-electron chi connectivity index (χ4n) is 3.35. The average molecular weight is 439 g/mol. The molecule has 0 N–H and O–H groups in total. The zero-order valence-electron chi connectivity index (χ0n) is 17.5. The maximum atomic E-state index is 12.1. The Labute approximate surface area is 175 Å². The maximum absolute atomic E-state index is 12.1. The highest BCUT2D eigenvalue weighted by Gasteiger charge is 2.09. The Hall–Kier alpha value is -0.830. The lowest BCUT2D eigenvalue weighted by Gasteiger charge is -2.12. The second-order valence-corrected chi connectivity index (χ2v) is 8.32. The topological polar surface area (TPSA) is 26.3 Å². The molecule has 1 aromatic rings. The van der Waals surface area contributed by atoms with Crippen LogP contribution in [0.3, 0.4) is 0 Å². The molecule has 0 aliphatic rings. The molecule has 3 heteroatoms. The monoisotopic (exact) mass is 438 g/mol. The van der Waals surface area contributed by atoms with E-state index in [9.17, 15) is 4.79 Å². The molecule has 0 bridgehead atoms. The van der Waals surface area contributed by atoms with Crippen LogP contribution in [0.5, 0.6) is 5.75 Å². The third-order valence-electron chi connectivity index (χ3n) is 5.02. The molecule has 1 rings (SSSR count). The van der Waals surface area contributed by atoms with Crippen molar-refractivity contribution in [3.8, 4) is 5.75 Å².